The summed E-state index contributed by atoms with van der Waals surface area (Å²) in [5.74, 6) is -2.01. The lowest BCUT2D eigenvalue weighted by molar-refractivity contribution is -0.233. The molecule has 0 aromatic heterocycles. The van der Waals surface area contributed by atoms with Crippen LogP contribution in [0.3, 0.4) is 0 Å². The molecule has 1 amide bonds. The molecule has 170 valence electrons. The predicted molar refractivity (Wildman–Crippen MR) is 109 cm³/mol. The van der Waals surface area contributed by atoms with Crippen LogP contribution in [0.15, 0.2) is 12.1 Å². The maximum Gasteiger partial charge on any atom is 0.414 e. The first-order valence-corrected chi connectivity index (χ1v) is 10.6. The summed E-state index contributed by atoms with van der Waals surface area (Å²) in [5, 5.41) is 19.6. The van der Waals surface area contributed by atoms with E-state index < -0.39 is 25.2 Å². The lowest BCUT2D eigenvalue weighted by Crippen LogP contribution is -2.55. The van der Waals surface area contributed by atoms with Gasteiger partial charge in [-0.2, -0.15) is 18.4 Å². The van der Waals surface area contributed by atoms with Gasteiger partial charge in [-0.05, 0) is 56.1 Å². The lowest BCUT2D eigenvalue weighted by Gasteiger charge is -2.50. The Morgan fingerprint density at radius 3 is 2.81 bits per heavy atom. The first-order valence-electron chi connectivity index (χ1n) is 11.7. The summed E-state index contributed by atoms with van der Waals surface area (Å²) in [6.07, 6.45) is -5.54. The number of methoxy groups -OCH3 is 1. The molecule has 1 aromatic rings. The van der Waals surface area contributed by atoms with Crippen LogP contribution < -0.4 is 4.74 Å². The number of aliphatic hydroxyl groups is 1. The second-order valence-electron chi connectivity index (χ2n) is 8.32. The summed E-state index contributed by atoms with van der Waals surface area (Å²) in [4.78, 5) is 14.8. The molecule has 31 heavy (non-hydrogen) atoms. The number of hydrogen-bond donors (Lipinski definition) is 1. The van der Waals surface area contributed by atoms with E-state index in [2.05, 4.69) is 0 Å². The molecule has 1 saturated carbocycles. The number of halogens is 4. The van der Waals surface area contributed by atoms with Crippen LogP contribution in [0.5, 0.6) is 5.75 Å². The molecule has 0 spiro atoms. The number of alkyl halides is 3. The standard InChI is InChI=1S/C22H26ClF3N2O3/c1-12-13-4-3-5-15(21(30)22(24,25)26)14(13)8-9-28(12)20(29)10-16-17(11-27)19(31-2)7-6-18(16)23/h6-7,12-15,21,30H,3-5,8-10H2,1-2H3/t12-,13+,14+,15+,21-/m0/s1/i2D3. The molecule has 3 rings (SSSR count). The molecule has 0 bridgehead atoms. The minimum atomic E-state index is -4.69. The third-order valence-electron chi connectivity index (χ3n) is 6.82. The number of likely N-dealkylation sites (tertiary alicyclic amines) is 1. The fourth-order valence-electron chi connectivity index (χ4n) is 5.31. The average molecular weight is 462 g/mol. The zero-order chi connectivity index (χ0) is 25.4. The van der Waals surface area contributed by atoms with Gasteiger partial charge in [0.2, 0.25) is 5.91 Å². The number of fused-ring (bicyclic) bond motifs is 1. The Labute approximate surface area is 188 Å². The van der Waals surface area contributed by atoms with Crippen LogP contribution in [0.1, 0.15) is 47.8 Å². The highest BCUT2D eigenvalue weighted by Gasteiger charge is 2.51. The van der Waals surface area contributed by atoms with E-state index in [1.807, 2.05) is 6.07 Å². The van der Waals surface area contributed by atoms with E-state index in [1.165, 1.54) is 12.1 Å². The molecular formula is C22H26ClF3N2O3. The quantitative estimate of drug-likeness (QED) is 0.724. The summed E-state index contributed by atoms with van der Waals surface area (Å²) in [6.45, 7) is 2.01. The third-order valence-corrected chi connectivity index (χ3v) is 7.17. The first kappa shape index (κ1) is 19.7. The van der Waals surface area contributed by atoms with Crippen molar-refractivity contribution in [3.05, 3.63) is 28.3 Å². The molecule has 1 aromatic carbocycles. The van der Waals surface area contributed by atoms with Crippen molar-refractivity contribution in [3.63, 3.8) is 0 Å². The number of nitrogens with zero attached hydrogens (tertiary/aromatic N) is 2. The zero-order valence-electron chi connectivity index (χ0n) is 20.0. The zero-order valence-corrected chi connectivity index (χ0v) is 17.7. The fraction of sp³-hybridized carbons (Fsp3) is 0.636. The molecule has 5 atom stereocenters. The predicted octanol–water partition coefficient (Wildman–Crippen LogP) is 4.34. The monoisotopic (exact) mass is 461 g/mol. The summed E-state index contributed by atoms with van der Waals surface area (Å²) in [7, 11) is -2.80. The van der Waals surface area contributed by atoms with Crippen molar-refractivity contribution < 1.29 is 31.9 Å². The van der Waals surface area contributed by atoms with Gasteiger partial charge in [-0.25, -0.2) is 0 Å². The molecule has 0 unspecified atom stereocenters. The molecule has 1 saturated heterocycles. The Kier molecular flexibility index (Phi) is 5.88. The van der Waals surface area contributed by atoms with Crippen molar-refractivity contribution in [3.8, 4) is 11.8 Å². The largest absolute Gasteiger partial charge is 0.495 e. The van der Waals surface area contributed by atoms with E-state index in [9.17, 15) is 28.3 Å². The van der Waals surface area contributed by atoms with Gasteiger partial charge in [-0.15, -0.1) is 0 Å². The van der Waals surface area contributed by atoms with Gasteiger partial charge in [0.25, 0.3) is 0 Å². The molecule has 2 fully saturated rings. The molecule has 9 heteroatoms. The normalized spacial score (nSPS) is 29.1. The van der Waals surface area contributed by atoms with Crippen LogP contribution in [-0.2, 0) is 11.2 Å². The Hall–Kier alpha value is -1.98. The first-order chi connectivity index (χ1) is 15.7. The third kappa shape index (κ3) is 4.63. The van der Waals surface area contributed by atoms with Crippen LogP contribution in [0.4, 0.5) is 13.2 Å². The molecule has 1 heterocycles. The second-order valence-corrected chi connectivity index (χ2v) is 8.72. The van der Waals surface area contributed by atoms with E-state index in [4.69, 9.17) is 20.5 Å². The average Bonchev–Trinajstić information content (AvgIpc) is 2.74. The molecule has 0 radical (unpaired) electrons. The van der Waals surface area contributed by atoms with E-state index in [1.54, 1.807) is 11.8 Å². The van der Waals surface area contributed by atoms with E-state index >= 15 is 0 Å². The number of ether oxygens (including phenoxy) is 1. The highest BCUT2D eigenvalue weighted by Crippen LogP contribution is 2.47. The second kappa shape index (κ2) is 9.25. The minimum Gasteiger partial charge on any atom is -0.495 e. The van der Waals surface area contributed by atoms with Crippen molar-refractivity contribution in [2.75, 3.05) is 13.6 Å². The summed E-state index contributed by atoms with van der Waals surface area (Å²) >= 11 is 6.23. The maximum atomic E-state index is 13.2. The van der Waals surface area contributed by atoms with Gasteiger partial charge in [-0.3, -0.25) is 4.79 Å². The number of rotatable bonds is 4. The van der Waals surface area contributed by atoms with Gasteiger partial charge < -0.3 is 14.7 Å². The highest BCUT2D eigenvalue weighted by atomic mass is 35.5. The number of hydrogen-bond acceptors (Lipinski definition) is 4. The van der Waals surface area contributed by atoms with Crippen LogP contribution in [0.2, 0.25) is 5.02 Å². The van der Waals surface area contributed by atoms with Gasteiger partial charge in [0.05, 0.1) is 23.1 Å². The summed E-state index contributed by atoms with van der Waals surface area (Å²) < 4.78 is 66.2. The molecule has 1 aliphatic heterocycles. The summed E-state index contributed by atoms with van der Waals surface area (Å²) in [6, 6.07) is 4.11. The number of amides is 1. The summed E-state index contributed by atoms with van der Waals surface area (Å²) in [5.41, 5.74) is -0.00945. The molecular weight excluding hydrogens is 433 g/mol. The van der Waals surface area contributed by atoms with Crippen LogP contribution in [0, 0.1) is 29.1 Å². The number of piperidine rings is 1. The number of carbonyl (C=O) groups excluding carboxylic acids is 1. The number of nitriles is 1. The van der Waals surface area contributed by atoms with Gasteiger partial charge in [0.1, 0.15) is 11.8 Å². The van der Waals surface area contributed by atoms with Gasteiger partial charge in [0, 0.05) is 23.2 Å². The van der Waals surface area contributed by atoms with Crippen LogP contribution >= 0.6 is 11.6 Å². The van der Waals surface area contributed by atoms with Crippen molar-refractivity contribution in [2.24, 2.45) is 17.8 Å². The number of aliphatic hydroxyl groups excluding tert-OH is 1. The lowest BCUT2D eigenvalue weighted by atomic mass is 9.64. The Morgan fingerprint density at radius 2 is 2.16 bits per heavy atom. The molecule has 1 aliphatic carbocycles. The maximum absolute atomic E-state index is 13.2. The molecule has 5 nitrogen and oxygen atoms in total. The van der Waals surface area contributed by atoms with E-state index in [0.29, 0.717) is 25.7 Å². The van der Waals surface area contributed by atoms with Gasteiger partial charge in [-0.1, -0.05) is 18.0 Å². The van der Waals surface area contributed by atoms with Crippen molar-refractivity contribution in [1.29, 1.82) is 5.26 Å². The molecule has 1 N–H and O–H groups in total. The van der Waals surface area contributed by atoms with Gasteiger partial charge in [0.15, 0.2) is 6.10 Å². The van der Waals surface area contributed by atoms with E-state index in [-0.39, 0.29) is 58.6 Å². The topological polar surface area (TPSA) is 73.6 Å². The highest BCUT2D eigenvalue weighted by molar-refractivity contribution is 6.31. The molecule has 2 aliphatic rings. The van der Waals surface area contributed by atoms with E-state index in [0.717, 1.165) is 0 Å². The van der Waals surface area contributed by atoms with Crippen LogP contribution in [-0.4, -0.2) is 47.8 Å². The van der Waals surface area contributed by atoms with Crippen molar-refractivity contribution in [1.82, 2.24) is 4.90 Å². The number of carbonyl (C=O) groups is 1. The Bertz CT molecular complexity index is 968. The minimum absolute atomic E-state index is 0.108. The van der Waals surface area contributed by atoms with Crippen molar-refractivity contribution >= 4 is 17.5 Å². The van der Waals surface area contributed by atoms with Crippen molar-refractivity contribution in [2.45, 2.75) is 57.3 Å². The SMILES string of the molecule is [2H]C([2H])([2H])Oc1ccc(Cl)c(CC(=O)N2CC[C@H]3[C@H]([C@H](O)C(F)(F)F)CCC[C@@H]3[C@@H]2C)c1C#N. The fourth-order valence-corrected chi connectivity index (χ4v) is 5.53. The Morgan fingerprint density at radius 1 is 1.42 bits per heavy atom. The number of benzene rings is 1. The van der Waals surface area contributed by atoms with Crippen LogP contribution in [0.25, 0.3) is 0 Å². The van der Waals surface area contributed by atoms with Gasteiger partial charge >= 0.3 is 6.18 Å². The Balaban J connectivity index is 1.80. The smallest absolute Gasteiger partial charge is 0.414 e.